The van der Waals surface area contributed by atoms with E-state index in [9.17, 15) is 4.79 Å². The molecule has 0 saturated carbocycles. The number of halogens is 1. The van der Waals surface area contributed by atoms with Crippen molar-refractivity contribution in [1.82, 2.24) is 0 Å². The number of allylic oxidation sites excluding steroid dienone is 2. The van der Waals surface area contributed by atoms with Gasteiger partial charge in [0.15, 0.2) is 5.70 Å². The number of rotatable bonds is 3. The maximum absolute atomic E-state index is 12.0. The summed E-state index contributed by atoms with van der Waals surface area (Å²) in [7, 11) is 0. The molecule has 4 heteroatoms. The average Bonchev–Trinajstić information content (AvgIpc) is 2.90. The lowest BCUT2D eigenvalue weighted by molar-refractivity contribution is -0.130. The second kappa shape index (κ2) is 6.75. The first kappa shape index (κ1) is 15.4. The van der Waals surface area contributed by atoms with Crippen LogP contribution in [0.5, 0.6) is 0 Å². The first-order valence-corrected chi connectivity index (χ1v) is 7.93. The second-order valence-electron chi connectivity index (χ2n) is 5.14. The molecule has 0 spiro atoms. The summed E-state index contributed by atoms with van der Waals surface area (Å²) in [6.45, 7) is 2.00. The van der Waals surface area contributed by atoms with Gasteiger partial charge >= 0.3 is 5.97 Å². The predicted octanol–water partition coefficient (Wildman–Crippen LogP) is 4.62. The van der Waals surface area contributed by atoms with Crippen LogP contribution in [0.3, 0.4) is 0 Å². The topological polar surface area (TPSA) is 38.7 Å². The molecule has 0 aromatic heterocycles. The summed E-state index contributed by atoms with van der Waals surface area (Å²) in [5, 5.41) is 0. The molecule has 2 aromatic rings. The quantitative estimate of drug-likeness (QED) is 0.586. The molecule has 0 aliphatic carbocycles. The van der Waals surface area contributed by atoms with Crippen LogP contribution in [0, 0.1) is 6.92 Å². The molecular weight excluding hydrogens is 354 g/mol. The van der Waals surface area contributed by atoms with Gasteiger partial charge in [-0.3, -0.25) is 0 Å². The van der Waals surface area contributed by atoms with Crippen LogP contribution in [0.25, 0.3) is 6.08 Å². The van der Waals surface area contributed by atoms with E-state index in [1.807, 2.05) is 67.6 Å². The minimum Gasteiger partial charge on any atom is -0.402 e. The van der Waals surface area contributed by atoms with Crippen LogP contribution in [0.1, 0.15) is 16.7 Å². The highest BCUT2D eigenvalue weighted by atomic mass is 79.9. The zero-order valence-electron chi connectivity index (χ0n) is 12.5. The van der Waals surface area contributed by atoms with E-state index in [-0.39, 0.29) is 5.70 Å². The highest BCUT2D eigenvalue weighted by Crippen LogP contribution is 2.21. The monoisotopic (exact) mass is 367 g/mol. The molecule has 3 rings (SSSR count). The molecule has 1 aliphatic rings. The largest absolute Gasteiger partial charge is 0.402 e. The van der Waals surface area contributed by atoms with E-state index >= 15 is 0 Å². The number of cyclic esters (lactones) is 1. The summed E-state index contributed by atoms with van der Waals surface area (Å²) < 4.78 is 6.00. The first-order valence-electron chi connectivity index (χ1n) is 7.14. The van der Waals surface area contributed by atoms with E-state index in [1.165, 1.54) is 0 Å². The Labute approximate surface area is 143 Å². The van der Waals surface area contributed by atoms with Gasteiger partial charge in [0, 0.05) is 10.0 Å². The molecule has 0 unspecified atom stereocenters. The number of carbonyl (C=O) groups is 1. The van der Waals surface area contributed by atoms with E-state index in [4.69, 9.17) is 4.74 Å². The molecule has 0 amide bonds. The normalized spacial score (nSPS) is 16.4. The molecule has 0 radical (unpaired) electrons. The minimum atomic E-state index is -0.445. The second-order valence-corrected chi connectivity index (χ2v) is 6.06. The predicted molar refractivity (Wildman–Crippen MR) is 95.2 cm³/mol. The molecule has 0 N–H and O–H groups in total. The summed E-state index contributed by atoms with van der Waals surface area (Å²) in [5.41, 5.74) is 3.24. The van der Waals surface area contributed by atoms with Gasteiger partial charge in [0.25, 0.3) is 0 Å². The Kier molecular flexibility index (Phi) is 4.53. The third-order valence-electron chi connectivity index (χ3n) is 3.30. The van der Waals surface area contributed by atoms with E-state index in [0.29, 0.717) is 5.90 Å². The van der Waals surface area contributed by atoms with Crippen LogP contribution < -0.4 is 0 Å². The summed E-state index contributed by atoms with van der Waals surface area (Å²) in [4.78, 5) is 16.2. The highest BCUT2D eigenvalue weighted by Gasteiger charge is 2.24. The van der Waals surface area contributed by atoms with E-state index in [1.54, 1.807) is 6.08 Å². The molecule has 0 atom stereocenters. The van der Waals surface area contributed by atoms with Gasteiger partial charge < -0.3 is 4.74 Å². The number of hydrogen-bond donors (Lipinski definition) is 0. The average molecular weight is 368 g/mol. The standard InChI is InChI=1S/C19H14BrNO2/c1-13-7-9-15(10-8-13)18-21-17(19(22)23-18)12-16(20)11-14-5-3-2-4-6-14/h2-12H,1H3/b16-11-,17-12+. The van der Waals surface area contributed by atoms with Gasteiger partial charge in [-0.15, -0.1) is 0 Å². The maximum atomic E-state index is 12.0. The van der Waals surface area contributed by atoms with Gasteiger partial charge in [0.1, 0.15) is 0 Å². The fourth-order valence-corrected chi connectivity index (χ4v) is 2.59. The van der Waals surface area contributed by atoms with Crippen LogP contribution in [0.4, 0.5) is 0 Å². The third kappa shape index (κ3) is 3.85. The Hall–Kier alpha value is -2.46. The maximum Gasteiger partial charge on any atom is 0.363 e. The van der Waals surface area contributed by atoms with Crippen molar-refractivity contribution in [2.45, 2.75) is 6.92 Å². The lowest BCUT2D eigenvalue weighted by Gasteiger charge is -1.99. The van der Waals surface area contributed by atoms with Crippen molar-refractivity contribution in [3.8, 4) is 0 Å². The molecule has 1 aliphatic heterocycles. The van der Waals surface area contributed by atoms with Crippen LogP contribution in [0.15, 0.2) is 75.8 Å². The first-order chi connectivity index (χ1) is 11.1. The van der Waals surface area contributed by atoms with E-state index < -0.39 is 5.97 Å². The number of benzene rings is 2. The molecule has 114 valence electrons. The molecule has 0 saturated heterocycles. The van der Waals surface area contributed by atoms with E-state index in [0.717, 1.165) is 21.2 Å². The van der Waals surface area contributed by atoms with Crippen molar-refractivity contribution in [2.24, 2.45) is 4.99 Å². The molecule has 0 bridgehead atoms. The van der Waals surface area contributed by atoms with Crippen molar-refractivity contribution in [1.29, 1.82) is 0 Å². The van der Waals surface area contributed by atoms with Gasteiger partial charge in [0.05, 0.1) is 0 Å². The molecule has 1 heterocycles. The van der Waals surface area contributed by atoms with Crippen LogP contribution in [-0.4, -0.2) is 11.9 Å². The van der Waals surface area contributed by atoms with Crippen LogP contribution in [0.2, 0.25) is 0 Å². The summed E-state index contributed by atoms with van der Waals surface area (Å²) in [6.07, 6.45) is 3.58. The summed E-state index contributed by atoms with van der Waals surface area (Å²) in [5.74, 6) is -0.111. The lowest BCUT2D eigenvalue weighted by Crippen LogP contribution is -2.05. The zero-order chi connectivity index (χ0) is 16.2. The van der Waals surface area contributed by atoms with Crippen molar-refractivity contribution in [3.05, 3.63) is 87.5 Å². The lowest BCUT2D eigenvalue weighted by atomic mass is 10.1. The van der Waals surface area contributed by atoms with Gasteiger partial charge in [0.2, 0.25) is 5.90 Å². The number of ether oxygens (including phenoxy) is 1. The Balaban J connectivity index is 1.86. The Morgan fingerprint density at radius 3 is 2.48 bits per heavy atom. The van der Waals surface area contributed by atoms with E-state index in [2.05, 4.69) is 20.9 Å². The highest BCUT2D eigenvalue weighted by molar-refractivity contribution is 9.12. The molecule has 3 nitrogen and oxygen atoms in total. The number of esters is 1. The minimum absolute atomic E-state index is 0.277. The Bertz CT molecular complexity index is 818. The molecular formula is C19H14BrNO2. The Morgan fingerprint density at radius 1 is 1.09 bits per heavy atom. The molecule has 0 fully saturated rings. The third-order valence-corrected chi connectivity index (χ3v) is 3.76. The van der Waals surface area contributed by atoms with Crippen molar-refractivity contribution in [2.75, 3.05) is 0 Å². The Morgan fingerprint density at radius 2 is 1.78 bits per heavy atom. The van der Waals surface area contributed by atoms with Crippen molar-refractivity contribution >= 4 is 33.9 Å². The van der Waals surface area contributed by atoms with Gasteiger partial charge in [-0.1, -0.05) is 64.0 Å². The number of aryl methyl sites for hydroxylation is 1. The van der Waals surface area contributed by atoms with Crippen LogP contribution in [-0.2, 0) is 9.53 Å². The van der Waals surface area contributed by atoms with Crippen molar-refractivity contribution < 1.29 is 9.53 Å². The van der Waals surface area contributed by atoms with Crippen LogP contribution >= 0.6 is 15.9 Å². The van der Waals surface area contributed by atoms with Gasteiger partial charge in [-0.05, 0) is 36.8 Å². The zero-order valence-corrected chi connectivity index (χ0v) is 14.1. The summed E-state index contributed by atoms with van der Waals surface area (Å²) in [6, 6.07) is 17.5. The van der Waals surface area contributed by atoms with Gasteiger partial charge in [-0.25, -0.2) is 9.79 Å². The number of carbonyl (C=O) groups excluding carboxylic acids is 1. The molecule has 23 heavy (non-hydrogen) atoms. The number of aliphatic imine (C=N–C) groups is 1. The number of nitrogens with zero attached hydrogens (tertiary/aromatic N) is 1. The summed E-state index contributed by atoms with van der Waals surface area (Å²) >= 11 is 3.45. The van der Waals surface area contributed by atoms with Gasteiger partial charge in [-0.2, -0.15) is 0 Å². The van der Waals surface area contributed by atoms with Crippen molar-refractivity contribution in [3.63, 3.8) is 0 Å². The SMILES string of the molecule is Cc1ccc(C2=N/C(=C/C(Br)=C/c3ccccc3)C(=O)O2)cc1. The fourth-order valence-electron chi connectivity index (χ4n) is 2.11. The fraction of sp³-hybridized carbons (Fsp3) is 0.0526. The molecule has 2 aromatic carbocycles. The number of hydrogen-bond acceptors (Lipinski definition) is 3. The smallest absolute Gasteiger partial charge is 0.363 e.